The van der Waals surface area contributed by atoms with Crippen LogP contribution in [0.15, 0.2) is 24.3 Å². The van der Waals surface area contributed by atoms with E-state index >= 15 is 0 Å². The number of anilines is 1. The first-order valence-electron chi connectivity index (χ1n) is 7.38. The van der Waals surface area contributed by atoms with E-state index in [1.807, 2.05) is 0 Å². The summed E-state index contributed by atoms with van der Waals surface area (Å²) >= 11 is 0. The van der Waals surface area contributed by atoms with E-state index in [1.165, 1.54) is 0 Å². The quantitative estimate of drug-likeness (QED) is 0.581. The molecule has 1 rings (SSSR count). The van der Waals surface area contributed by atoms with E-state index in [-0.39, 0.29) is 5.97 Å². The van der Waals surface area contributed by atoms with E-state index < -0.39 is 6.09 Å². The molecule has 0 aromatic heterocycles. The molecule has 21 heavy (non-hydrogen) atoms. The Morgan fingerprint density at radius 1 is 1.00 bits per heavy atom. The number of ether oxygens (including phenoxy) is 2. The third kappa shape index (κ3) is 6.79. The Labute approximate surface area is 125 Å². The van der Waals surface area contributed by atoms with E-state index in [0.717, 1.165) is 25.7 Å². The average Bonchev–Trinajstić information content (AvgIpc) is 2.48. The standard InChI is InChI=1S/C16H23NO4/c1-3-5-6-7-12-21-15(18)13-8-10-14(11-9-13)17-16(19)20-4-2/h8-11H,3-7,12H2,1-2H3,(H,17,19). The molecule has 116 valence electrons. The van der Waals surface area contributed by atoms with Crippen molar-refractivity contribution in [3.8, 4) is 0 Å². The summed E-state index contributed by atoms with van der Waals surface area (Å²) < 4.78 is 9.95. The van der Waals surface area contributed by atoms with Crippen molar-refractivity contribution in [1.82, 2.24) is 0 Å². The second-order valence-electron chi connectivity index (χ2n) is 4.62. The average molecular weight is 293 g/mol. The first-order valence-corrected chi connectivity index (χ1v) is 7.38. The highest BCUT2D eigenvalue weighted by Gasteiger charge is 2.07. The zero-order valence-electron chi connectivity index (χ0n) is 12.7. The van der Waals surface area contributed by atoms with Crippen LogP contribution in [0.1, 0.15) is 49.9 Å². The van der Waals surface area contributed by atoms with Crippen LogP contribution >= 0.6 is 0 Å². The van der Waals surface area contributed by atoms with Crippen molar-refractivity contribution in [3.63, 3.8) is 0 Å². The molecule has 5 heteroatoms. The summed E-state index contributed by atoms with van der Waals surface area (Å²) in [6.45, 7) is 4.63. The maximum absolute atomic E-state index is 11.8. The highest BCUT2D eigenvalue weighted by Crippen LogP contribution is 2.11. The molecule has 0 saturated carbocycles. The Balaban J connectivity index is 2.38. The van der Waals surface area contributed by atoms with Crippen LogP contribution in [-0.4, -0.2) is 25.3 Å². The van der Waals surface area contributed by atoms with E-state index in [2.05, 4.69) is 12.2 Å². The molecule has 0 heterocycles. The van der Waals surface area contributed by atoms with Crippen LogP contribution in [0.4, 0.5) is 10.5 Å². The predicted octanol–water partition coefficient (Wildman–Crippen LogP) is 3.99. The number of hydrogen-bond acceptors (Lipinski definition) is 4. The predicted molar refractivity (Wildman–Crippen MR) is 81.5 cm³/mol. The van der Waals surface area contributed by atoms with Crippen molar-refractivity contribution < 1.29 is 19.1 Å². The monoisotopic (exact) mass is 293 g/mol. The molecule has 0 unspecified atom stereocenters. The van der Waals surface area contributed by atoms with Gasteiger partial charge in [0.2, 0.25) is 0 Å². The zero-order valence-corrected chi connectivity index (χ0v) is 12.7. The molecule has 0 bridgehead atoms. The molecule has 0 fully saturated rings. The fraction of sp³-hybridized carbons (Fsp3) is 0.500. The molecule has 0 radical (unpaired) electrons. The summed E-state index contributed by atoms with van der Waals surface area (Å²) in [6, 6.07) is 6.53. The summed E-state index contributed by atoms with van der Waals surface area (Å²) in [5, 5.41) is 2.56. The van der Waals surface area contributed by atoms with Crippen LogP contribution in [0.3, 0.4) is 0 Å². The van der Waals surface area contributed by atoms with Crippen molar-refractivity contribution in [3.05, 3.63) is 29.8 Å². The van der Waals surface area contributed by atoms with Crippen LogP contribution in [0.25, 0.3) is 0 Å². The summed E-state index contributed by atoms with van der Waals surface area (Å²) in [5.41, 5.74) is 1.05. The number of unbranched alkanes of at least 4 members (excludes halogenated alkanes) is 3. The maximum atomic E-state index is 11.8. The number of benzene rings is 1. The van der Waals surface area contributed by atoms with Crippen LogP contribution in [0.2, 0.25) is 0 Å². The number of esters is 1. The van der Waals surface area contributed by atoms with Gasteiger partial charge in [-0.25, -0.2) is 9.59 Å². The fourth-order valence-corrected chi connectivity index (χ4v) is 1.75. The molecule has 1 aromatic carbocycles. The van der Waals surface area contributed by atoms with Crippen LogP contribution < -0.4 is 5.32 Å². The molecule has 0 spiro atoms. The topological polar surface area (TPSA) is 64.6 Å². The minimum atomic E-state index is -0.510. The first-order chi connectivity index (χ1) is 10.2. The van der Waals surface area contributed by atoms with E-state index in [9.17, 15) is 9.59 Å². The maximum Gasteiger partial charge on any atom is 0.411 e. The van der Waals surface area contributed by atoms with Crippen molar-refractivity contribution in [2.75, 3.05) is 18.5 Å². The van der Waals surface area contributed by atoms with E-state index in [1.54, 1.807) is 31.2 Å². The van der Waals surface area contributed by atoms with Crippen molar-refractivity contribution >= 4 is 17.7 Å². The Kier molecular flexibility index (Phi) is 7.94. The van der Waals surface area contributed by atoms with Gasteiger partial charge >= 0.3 is 12.1 Å². The van der Waals surface area contributed by atoms with Crippen molar-refractivity contribution in [2.45, 2.75) is 39.5 Å². The Bertz CT molecular complexity index is 442. The van der Waals surface area contributed by atoms with Gasteiger partial charge in [-0.3, -0.25) is 5.32 Å². The molecular formula is C16H23NO4. The molecular weight excluding hydrogens is 270 g/mol. The summed E-state index contributed by atoms with van der Waals surface area (Å²) in [5.74, 6) is -0.339. The lowest BCUT2D eigenvalue weighted by Gasteiger charge is -2.07. The molecule has 0 saturated heterocycles. The van der Waals surface area contributed by atoms with Gasteiger partial charge in [0.25, 0.3) is 0 Å². The van der Waals surface area contributed by atoms with Gasteiger partial charge in [0.15, 0.2) is 0 Å². The van der Waals surface area contributed by atoms with Gasteiger partial charge < -0.3 is 9.47 Å². The Hall–Kier alpha value is -2.04. The number of carbonyl (C=O) groups is 2. The van der Waals surface area contributed by atoms with Gasteiger partial charge in [-0.1, -0.05) is 26.2 Å². The molecule has 0 aliphatic rings. The second-order valence-corrected chi connectivity index (χ2v) is 4.62. The lowest BCUT2D eigenvalue weighted by atomic mass is 10.2. The van der Waals surface area contributed by atoms with Gasteiger partial charge in [-0.2, -0.15) is 0 Å². The van der Waals surface area contributed by atoms with Crippen LogP contribution in [0, 0.1) is 0 Å². The highest BCUT2D eigenvalue weighted by molar-refractivity contribution is 5.91. The van der Waals surface area contributed by atoms with Gasteiger partial charge in [-0.05, 0) is 37.6 Å². The minimum Gasteiger partial charge on any atom is -0.462 e. The third-order valence-electron chi connectivity index (χ3n) is 2.87. The molecule has 0 atom stereocenters. The highest BCUT2D eigenvalue weighted by atomic mass is 16.5. The molecule has 1 N–H and O–H groups in total. The minimum absolute atomic E-state index is 0.314. The van der Waals surface area contributed by atoms with Gasteiger partial charge in [0.1, 0.15) is 0 Å². The lowest BCUT2D eigenvalue weighted by molar-refractivity contribution is 0.0498. The second kappa shape index (κ2) is 9.80. The third-order valence-corrected chi connectivity index (χ3v) is 2.87. The van der Waals surface area contributed by atoms with Gasteiger partial charge in [-0.15, -0.1) is 0 Å². The molecule has 1 amide bonds. The summed E-state index contributed by atoms with van der Waals surface area (Å²) in [4.78, 5) is 23.0. The number of carbonyl (C=O) groups excluding carboxylic acids is 2. The van der Waals surface area contributed by atoms with Crippen molar-refractivity contribution in [2.24, 2.45) is 0 Å². The molecule has 1 aromatic rings. The van der Waals surface area contributed by atoms with Gasteiger partial charge in [0, 0.05) is 5.69 Å². The normalized spacial score (nSPS) is 10.0. The number of rotatable bonds is 8. The summed E-state index contributed by atoms with van der Waals surface area (Å²) in [6.07, 6.45) is 3.77. The molecule has 0 aliphatic heterocycles. The molecule has 0 aliphatic carbocycles. The smallest absolute Gasteiger partial charge is 0.411 e. The first kappa shape index (κ1) is 17.0. The number of nitrogens with one attached hydrogen (secondary N) is 1. The Morgan fingerprint density at radius 3 is 2.33 bits per heavy atom. The van der Waals surface area contributed by atoms with Gasteiger partial charge in [0.05, 0.1) is 18.8 Å². The number of amides is 1. The summed E-state index contributed by atoms with van der Waals surface area (Å²) in [7, 11) is 0. The SMILES string of the molecule is CCCCCCOC(=O)c1ccc(NC(=O)OCC)cc1. The fourth-order valence-electron chi connectivity index (χ4n) is 1.75. The largest absolute Gasteiger partial charge is 0.462 e. The van der Waals surface area contributed by atoms with E-state index in [0.29, 0.717) is 24.5 Å². The van der Waals surface area contributed by atoms with Crippen LogP contribution in [0.5, 0.6) is 0 Å². The van der Waals surface area contributed by atoms with Crippen LogP contribution in [-0.2, 0) is 9.47 Å². The zero-order chi connectivity index (χ0) is 15.5. The number of hydrogen-bond donors (Lipinski definition) is 1. The van der Waals surface area contributed by atoms with Crippen molar-refractivity contribution in [1.29, 1.82) is 0 Å². The lowest BCUT2D eigenvalue weighted by Crippen LogP contribution is -2.13. The Morgan fingerprint density at radius 2 is 1.71 bits per heavy atom. The van der Waals surface area contributed by atoms with E-state index in [4.69, 9.17) is 9.47 Å². The molecule has 5 nitrogen and oxygen atoms in total.